The SMILES string of the molecule is CCC1(CC)CC(NC(=S)NC(C)COC)CCO1. The normalized spacial score (nSPS) is 23.7. The van der Waals surface area contributed by atoms with Crippen LogP contribution in [0.1, 0.15) is 46.5 Å². The highest BCUT2D eigenvalue weighted by Crippen LogP contribution is 2.31. The van der Waals surface area contributed by atoms with Gasteiger partial charge in [0.1, 0.15) is 0 Å². The summed E-state index contributed by atoms with van der Waals surface area (Å²) in [5.41, 5.74) is 0.0314. The van der Waals surface area contributed by atoms with Gasteiger partial charge in [-0.3, -0.25) is 0 Å². The van der Waals surface area contributed by atoms with Crippen LogP contribution < -0.4 is 10.6 Å². The van der Waals surface area contributed by atoms with Crippen LogP contribution in [0.15, 0.2) is 0 Å². The summed E-state index contributed by atoms with van der Waals surface area (Å²) in [6, 6.07) is 0.635. The summed E-state index contributed by atoms with van der Waals surface area (Å²) < 4.78 is 11.1. The molecule has 1 saturated heterocycles. The Morgan fingerprint density at radius 3 is 2.74 bits per heavy atom. The first-order valence-electron chi connectivity index (χ1n) is 7.25. The van der Waals surface area contributed by atoms with E-state index in [1.807, 2.05) is 0 Å². The third-order valence-corrected chi connectivity index (χ3v) is 4.15. The lowest BCUT2D eigenvalue weighted by atomic mass is 9.86. The molecule has 0 saturated carbocycles. The fourth-order valence-electron chi connectivity index (χ4n) is 2.64. The Bertz CT molecular complexity index is 283. The highest BCUT2D eigenvalue weighted by molar-refractivity contribution is 7.80. The minimum Gasteiger partial charge on any atom is -0.383 e. The van der Waals surface area contributed by atoms with E-state index in [1.54, 1.807) is 7.11 Å². The van der Waals surface area contributed by atoms with Crippen molar-refractivity contribution in [1.82, 2.24) is 10.6 Å². The monoisotopic (exact) mass is 288 g/mol. The maximum atomic E-state index is 5.97. The molecule has 1 rings (SSSR count). The zero-order valence-electron chi connectivity index (χ0n) is 12.6. The lowest BCUT2D eigenvalue weighted by molar-refractivity contribution is -0.0910. The average Bonchev–Trinajstić information content (AvgIpc) is 2.38. The van der Waals surface area contributed by atoms with Gasteiger partial charge in [-0.05, 0) is 44.8 Å². The smallest absolute Gasteiger partial charge is 0.166 e. The van der Waals surface area contributed by atoms with E-state index in [2.05, 4.69) is 31.4 Å². The topological polar surface area (TPSA) is 42.5 Å². The molecule has 0 aromatic rings. The van der Waals surface area contributed by atoms with E-state index in [9.17, 15) is 0 Å². The van der Waals surface area contributed by atoms with Gasteiger partial charge >= 0.3 is 0 Å². The van der Waals surface area contributed by atoms with E-state index in [-0.39, 0.29) is 11.6 Å². The van der Waals surface area contributed by atoms with Crippen LogP contribution in [0.25, 0.3) is 0 Å². The molecular weight excluding hydrogens is 260 g/mol. The van der Waals surface area contributed by atoms with E-state index in [0.717, 1.165) is 37.4 Å². The van der Waals surface area contributed by atoms with Gasteiger partial charge in [0.25, 0.3) is 0 Å². The second-order valence-corrected chi connectivity index (χ2v) is 5.81. The number of thiocarbonyl (C=S) groups is 1. The van der Waals surface area contributed by atoms with E-state index in [1.165, 1.54) is 0 Å². The molecular formula is C14H28N2O2S. The van der Waals surface area contributed by atoms with Crippen LogP contribution in [0.4, 0.5) is 0 Å². The molecule has 1 heterocycles. The van der Waals surface area contributed by atoms with Gasteiger partial charge in [-0.1, -0.05) is 13.8 Å². The van der Waals surface area contributed by atoms with E-state index >= 15 is 0 Å². The second kappa shape index (κ2) is 8.02. The molecule has 1 fully saturated rings. The van der Waals surface area contributed by atoms with Crippen molar-refractivity contribution in [2.45, 2.75) is 64.1 Å². The van der Waals surface area contributed by atoms with Gasteiger partial charge in [-0.25, -0.2) is 0 Å². The first-order chi connectivity index (χ1) is 9.05. The summed E-state index contributed by atoms with van der Waals surface area (Å²) in [5.74, 6) is 0. The lowest BCUT2D eigenvalue weighted by Gasteiger charge is -2.40. The fourth-order valence-corrected chi connectivity index (χ4v) is 3.00. The Morgan fingerprint density at radius 2 is 2.16 bits per heavy atom. The molecule has 1 aliphatic heterocycles. The van der Waals surface area contributed by atoms with E-state index in [0.29, 0.717) is 12.6 Å². The minimum atomic E-state index is 0.0314. The van der Waals surface area contributed by atoms with Gasteiger partial charge in [0, 0.05) is 25.8 Å². The number of methoxy groups -OCH3 is 1. The van der Waals surface area contributed by atoms with Crippen molar-refractivity contribution in [3.05, 3.63) is 0 Å². The number of hydrogen-bond acceptors (Lipinski definition) is 3. The Morgan fingerprint density at radius 1 is 1.47 bits per heavy atom. The second-order valence-electron chi connectivity index (χ2n) is 5.40. The standard InChI is InChI=1S/C14H28N2O2S/c1-5-14(6-2)9-12(7-8-18-14)16-13(19)15-11(3)10-17-4/h11-12H,5-10H2,1-4H3,(H2,15,16,19). The van der Waals surface area contributed by atoms with Gasteiger partial charge < -0.3 is 20.1 Å². The Hall–Kier alpha value is -0.390. The van der Waals surface area contributed by atoms with Crippen LogP contribution in [-0.4, -0.2) is 43.1 Å². The zero-order valence-corrected chi connectivity index (χ0v) is 13.4. The highest BCUT2D eigenvalue weighted by Gasteiger charge is 2.34. The maximum absolute atomic E-state index is 5.97. The van der Waals surface area contributed by atoms with Gasteiger partial charge in [-0.2, -0.15) is 0 Å². The molecule has 0 bridgehead atoms. The molecule has 2 atom stereocenters. The quantitative estimate of drug-likeness (QED) is 0.734. The fraction of sp³-hybridized carbons (Fsp3) is 0.929. The largest absolute Gasteiger partial charge is 0.383 e. The lowest BCUT2D eigenvalue weighted by Crippen LogP contribution is -2.52. The minimum absolute atomic E-state index is 0.0314. The molecule has 112 valence electrons. The Kier molecular flexibility index (Phi) is 7.04. The number of rotatable bonds is 6. The zero-order chi connectivity index (χ0) is 14.3. The number of hydrogen-bond donors (Lipinski definition) is 2. The van der Waals surface area contributed by atoms with Crippen LogP contribution in [0, 0.1) is 0 Å². The predicted octanol–water partition coefficient (Wildman–Crippen LogP) is 2.22. The molecule has 0 aromatic heterocycles. The summed E-state index contributed by atoms with van der Waals surface area (Å²) in [4.78, 5) is 0. The van der Waals surface area contributed by atoms with Crippen molar-refractivity contribution in [2.75, 3.05) is 20.3 Å². The first-order valence-corrected chi connectivity index (χ1v) is 7.66. The summed E-state index contributed by atoms with van der Waals surface area (Å²) in [7, 11) is 1.70. The van der Waals surface area contributed by atoms with Crippen molar-refractivity contribution >= 4 is 17.3 Å². The first kappa shape index (κ1) is 16.7. The van der Waals surface area contributed by atoms with Gasteiger partial charge in [-0.15, -0.1) is 0 Å². The van der Waals surface area contributed by atoms with E-state index in [4.69, 9.17) is 21.7 Å². The van der Waals surface area contributed by atoms with Crippen molar-refractivity contribution in [2.24, 2.45) is 0 Å². The predicted molar refractivity (Wildman–Crippen MR) is 82.5 cm³/mol. The summed E-state index contributed by atoms with van der Waals surface area (Å²) >= 11 is 5.35. The van der Waals surface area contributed by atoms with Gasteiger partial charge in [0.2, 0.25) is 0 Å². The van der Waals surface area contributed by atoms with Crippen LogP contribution >= 0.6 is 12.2 Å². The molecule has 5 heteroatoms. The van der Waals surface area contributed by atoms with Crippen LogP contribution in [0.3, 0.4) is 0 Å². The summed E-state index contributed by atoms with van der Waals surface area (Å²) in [6.07, 6.45) is 4.16. The molecule has 2 unspecified atom stereocenters. The maximum Gasteiger partial charge on any atom is 0.166 e. The molecule has 19 heavy (non-hydrogen) atoms. The molecule has 2 N–H and O–H groups in total. The van der Waals surface area contributed by atoms with Crippen molar-refractivity contribution in [1.29, 1.82) is 0 Å². The molecule has 0 spiro atoms. The van der Waals surface area contributed by atoms with Gasteiger partial charge in [0.15, 0.2) is 5.11 Å². The number of ether oxygens (including phenoxy) is 2. The molecule has 0 radical (unpaired) electrons. The molecule has 0 aromatic carbocycles. The number of nitrogens with one attached hydrogen (secondary N) is 2. The molecule has 0 amide bonds. The van der Waals surface area contributed by atoms with Crippen molar-refractivity contribution < 1.29 is 9.47 Å². The average molecular weight is 288 g/mol. The van der Waals surface area contributed by atoms with Crippen LogP contribution in [0.5, 0.6) is 0 Å². The third-order valence-electron chi connectivity index (χ3n) is 3.91. The van der Waals surface area contributed by atoms with Crippen LogP contribution in [-0.2, 0) is 9.47 Å². The Balaban J connectivity index is 2.41. The Labute approximate surface area is 122 Å². The summed E-state index contributed by atoms with van der Waals surface area (Å²) in [5, 5.41) is 7.38. The van der Waals surface area contributed by atoms with Gasteiger partial charge in [0.05, 0.1) is 12.2 Å². The third kappa shape index (κ3) is 5.24. The van der Waals surface area contributed by atoms with Crippen LogP contribution in [0.2, 0.25) is 0 Å². The molecule has 4 nitrogen and oxygen atoms in total. The highest BCUT2D eigenvalue weighted by atomic mass is 32.1. The summed E-state index contributed by atoms with van der Waals surface area (Å²) in [6.45, 7) is 7.93. The van der Waals surface area contributed by atoms with Crippen molar-refractivity contribution in [3.8, 4) is 0 Å². The molecule has 0 aliphatic carbocycles. The molecule has 1 aliphatic rings. The van der Waals surface area contributed by atoms with Crippen molar-refractivity contribution in [3.63, 3.8) is 0 Å². The van der Waals surface area contributed by atoms with E-state index < -0.39 is 0 Å².